The van der Waals surface area contributed by atoms with Crippen LogP contribution in [-0.2, 0) is 21.5 Å². The van der Waals surface area contributed by atoms with Gasteiger partial charge in [0.2, 0.25) is 0 Å². The number of alkyl halides is 1. The van der Waals surface area contributed by atoms with Gasteiger partial charge in [0.05, 0.1) is 6.54 Å². The largest absolute Gasteiger partial charge is 0.459 e. The minimum absolute atomic E-state index is 0.183. The third kappa shape index (κ3) is 3.37. The molecule has 1 fully saturated rings. The monoisotopic (exact) mass is 368 g/mol. The first-order valence-electron chi connectivity index (χ1n) is 8.46. The van der Waals surface area contributed by atoms with Gasteiger partial charge >= 0.3 is 5.97 Å². The van der Waals surface area contributed by atoms with Gasteiger partial charge in [-0.25, -0.2) is 0 Å². The van der Waals surface area contributed by atoms with Gasteiger partial charge in [-0.2, -0.15) is 5.10 Å². The lowest BCUT2D eigenvalue weighted by Crippen LogP contribution is -2.33. The highest BCUT2D eigenvalue weighted by atomic mass is 35.5. The molecule has 0 N–H and O–H groups in total. The van der Waals surface area contributed by atoms with E-state index in [1.807, 2.05) is 77.6 Å². The van der Waals surface area contributed by atoms with Crippen molar-refractivity contribution in [3.8, 4) is 0 Å². The van der Waals surface area contributed by atoms with E-state index in [0.29, 0.717) is 13.0 Å². The molecule has 26 heavy (non-hydrogen) atoms. The van der Waals surface area contributed by atoms with Gasteiger partial charge in [-0.15, -0.1) is 11.6 Å². The molecule has 1 atom stereocenters. The second-order valence-corrected chi connectivity index (χ2v) is 6.10. The van der Waals surface area contributed by atoms with E-state index in [9.17, 15) is 4.79 Å². The number of esters is 1. The van der Waals surface area contributed by atoms with E-state index >= 15 is 0 Å². The van der Waals surface area contributed by atoms with Crippen LogP contribution >= 0.6 is 11.6 Å². The second-order valence-electron chi connectivity index (χ2n) is 6.10. The zero-order valence-corrected chi connectivity index (χ0v) is 15.3. The van der Waals surface area contributed by atoms with Gasteiger partial charge in [-0.05, 0) is 17.2 Å². The van der Waals surface area contributed by atoms with Crippen molar-refractivity contribution < 1.29 is 9.53 Å². The molecule has 0 spiro atoms. The molecule has 1 aliphatic heterocycles. The molecule has 0 aliphatic carbocycles. The third-order valence-electron chi connectivity index (χ3n) is 4.64. The van der Waals surface area contributed by atoms with Gasteiger partial charge in [-0.3, -0.25) is 9.48 Å². The molecule has 4 nitrogen and oxygen atoms in total. The molecule has 1 aromatic heterocycles. The standard InChI is InChI=1S/C20H18N2O2.CH3Cl/c23-19-20(16-8-3-1-4-9-16,17-10-5-2-6-11-17)14-18(24-19)15-22-13-7-12-21-22;1-2/h1-13,18H,14-15H2;1H3. The first-order valence-corrected chi connectivity index (χ1v) is 9.22. The van der Waals surface area contributed by atoms with E-state index in [4.69, 9.17) is 4.74 Å². The fourth-order valence-corrected chi connectivity index (χ4v) is 3.52. The second kappa shape index (κ2) is 8.19. The van der Waals surface area contributed by atoms with E-state index in [2.05, 4.69) is 16.7 Å². The van der Waals surface area contributed by atoms with Crippen molar-refractivity contribution in [3.05, 3.63) is 90.3 Å². The minimum Gasteiger partial charge on any atom is -0.459 e. The maximum Gasteiger partial charge on any atom is 0.321 e. The summed E-state index contributed by atoms with van der Waals surface area (Å²) >= 11 is 4.64. The van der Waals surface area contributed by atoms with Crippen LogP contribution in [0.15, 0.2) is 79.1 Å². The number of rotatable bonds is 4. The summed E-state index contributed by atoms with van der Waals surface area (Å²) < 4.78 is 7.57. The molecule has 1 unspecified atom stereocenters. The van der Waals surface area contributed by atoms with Crippen molar-refractivity contribution in [2.75, 3.05) is 6.38 Å². The lowest BCUT2D eigenvalue weighted by Gasteiger charge is -2.26. The van der Waals surface area contributed by atoms with Crippen LogP contribution in [0, 0.1) is 0 Å². The zero-order valence-electron chi connectivity index (χ0n) is 14.6. The fourth-order valence-electron chi connectivity index (χ4n) is 3.52. The summed E-state index contributed by atoms with van der Waals surface area (Å²) in [6.07, 6.45) is 5.51. The molecule has 0 radical (unpaired) electrons. The fraction of sp³-hybridized carbons (Fsp3) is 0.238. The molecular formula is C21H21ClN2O2. The molecule has 0 saturated carbocycles. The van der Waals surface area contributed by atoms with Gasteiger partial charge < -0.3 is 4.74 Å². The maximum atomic E-state index is 13.0. The number of ether oxygens (including phenoxy) is 1. The quantitative estimate of drug-likeness (QED) is 0.515. The van der Waals surface area contributed by atoms with E-state index in [1.165, 1.54) is 6.38 Å². The molecule has 1 saturated heterocycles. The SMILES string of the molecule is CCl.O=C1OC(Cn2cccn2)CC1(c1ccccc1)c1ccccc1. The average Bonchev–Trinajstić information content (AvgIpc) is 3.33. The van der Waals surface area contributed by atoms with Crippen LogP contribution in [-0.4, -0.2) is 28.2 Å². The molecule has 5 heteroatoms. The van der Waals surface area contributed by atoms with Crippen molar-refractivity contribution in [1.29, 1.82) is 0 Å². The summed E-state index contributed by atoms with van der Waals surface area (Å²) in [6, 6.07) is 21.7. The molecule has 2 aromatic carbocycles. The minimum atomic E-state index is -0.750. The first kappa shape index (κ1) is 18.2. The Labute approximate surface area is 158 Å². The summed E-state index contributed by atoms with van der Waals surface area (Å²) in [5.74, 6) is -0.183. The van der Waals surface area contributed by atoms with Gasteiger partial charge in [0.15, 0.2) is 0 Å². The molecule has 0 amide bonds. The van der Waals surface area contributed by atoms with Crippen molar-refractivity contribution in [3.63, 3.8) is 0 Å². The Morgan fingerprint density at radius 3 is 2.12 bits per heavy atom. The number of cyclic esters (lactones) is 1. The van der Waals surface area contributed by atoms with Crippen LogP contribution in [0.1, 0.15) is 17.5 Å². The number of carbonyl (C=O) groups is 1. The molecular weight excluding hydrogens is 348 g/mol. The topological polar surface area (TPSA) is 44.1 Å². The number of hydrogen-bond acceptors (Lipinski definition) is 3. The molecule has 0 bridgehead atoms. The van der Waals surface area contributed by atoms with E-state index < -0.39 is 5.41 Å². The lowest BCUT2D eigenvalue weighted by atomic mass is 9.72. The molecule has 3 aromatic rings. The van der Waals surface area contributed by atoms with Crippen molar-refractivity contribution in [1.82, 2.24) is 9.78 Å². The Balaban J connectivity index is 0.000000948. The maximum absolute atomic E-state index is 13.0. The van der Waals surface area contributed by atoms with Crippen LogP contribution in [0.2, 0.25) is 0 Å². The Morgan fingerprint density at radius 1 is 1.04 bits per heavy atom. The van der Waals surface area contributed by atoms with E-state index in [0.717, 1.165) is 11.1 Å². The van der Waals surface area contributed by atoms with Crippen LogP contribution in [0.5, 0.6) is 0 Å². The molecule has 1 aliphatic rings. The highest BCUT2D eigenvalue weighted by Gasteiger charge is 2.51. The Morgan fingerprint density at radius 2 is 1.62 bits per heavy atom. The van der Waals surface area contributed by atoms with Crippen LogP contribution in [0.25, 0.3) is 0 Å². The summed E-state index contributed by atoms with van der Waals surface area (Å²) in [7, 11) is 0. The van der Waals surface area contributed by atoms with Gasteiger partial charge in [-0.1, -0.05) is 60.7 Å². The van der Waals surface area contributed by atoms with Crippen molar-refractivity contribution in [2.45, 2.75) is 24.5 Å². The Hall–Kier alpha value is -2.59. The summed E-state index contributed by atoms with van der Waals surface area (Å²) in [4.78, 5) is 13.0. The third-order valence-corrected chi connectivity index (χ3v) is 4.64. The molecule has 134 valence electrons. The van der Waals surface area contributed by atoms with Crippen LogP contribution in [0.4, 0.5) is 0 Å². The number of hydrogen-bond donors (Lipinski definition) is 0. The zero-order chi connectivity index (χ0) is 18.4. The van der Waals surface area contributed by atoms with Crippen LogP contribution in [0.3, 0.4) is 0 Å². The lowest BCUT2D eigenvalue weighted by molar-refractivity contribution is -0.145. The summed E-state index contributed by atoms with van der Waals surface area (Å²) in [6.45, 7) is 0.570. The number of benzene rings is 2. The number of halogens is 1. The number of aromatic nitrogens is 2. The normalized spacial score (nSPS) is 17.9. The highest BCUT2D eigenvalue weighted by Crippen LogP contribution is 2.43. The summed E-state index contributed by atoms with van der Waals surface area (Å²) in [5, 5.41) is 4.22. The number of nitrogens with zero attached hydrogens (tertiary/aromatic N) is 2. The highest BCUT2D eigenvalue weighted by molar-refractivity contribution is 6.15. The predicted octanol–water partition coefficient (Wildman–Crippen LogP) is 4.04. The number of carbonyl (C=O) groups excluding carboxylic acids is 1. The van der Waals surface area contributed by atoms with Crippen LogP contribution < -0.4 is 0 Å². The molecule has 2 heterocycles. The average molecular weight is 369 g/mol. The summed E-state index contributed by atoms with van der Waals surface area (Å²) in [5.41, 5.74) is 1.20. The smallest absolute Gasteiger partial charge is 0.321 e. The van der Waals surface area contributed by atoms with Crippen molar-refractivity contribution >= 4 is 17.6 Å². The Bertz CT molecular complexity index is 780. The van der Waals surface area contributed by atoms with Gasteiger partial charge in [0, 0.05) is 25.2 Å². The van der Waals surface area contributed by atoms with E-state index in [-0.39, 0.29) is 12.1 Å². The van der Waals surface area contributed by atoms with Gasteiger partial charge in [0.1, 0.15) is 11.5 Å². The van der Waals surface area contributed by atoms with E-state index in [1.54, 1.807) is 6.20 Å². The van der Waals surface area contributed by atoms with Crippen molar-refractivity contribution in [2.24, 2.45) is 0 Å². The van der Waals surface area contributed by atoms with Gasteiger partial charge in [0.25, 0.3) is 0 Å². The predicted molar refractivity (Wildman–Crippen MR) is 102 cm³/mol. The first-order chi connectivity index (χ1) is 12.8. The Kier molecular flexibility index (Phi) is 5.74. The molecule has 4 rings (SSSR count).